The number of para-hydroxylation sites is 1. The molecule has 1 aliphatic heterocycles. The maximum absolute atomic E-state index is 5.63. The molecule has 1 aliphatic rings. The molecule has 0 aliphatic carbocycles. The largest absolute Gasteiger partial charge is 0.362 e. The molecule has 15 heavy (non-hydrogen) atoms. The summed E-state index contributed by atoms with van der Waals surface area (Å²) in [7, 11) is 0. The van der Waals surface area contributed by atoms with E-state index in [-0.39, 0.29) is 0 Å². The second-order valence-electron chi connectivity index (χ2n) is 3.56. The van der Waals surface area contributed by atoms with Gasteiger partial charge in [0.1, 0.15) is 0 Å². The molecule has 0 saturated carbocycles. The Morgan fingerprint density at radius 3 is 2.80 bits per heavy atom. The summed E-state index contributed by atoms with van der Waals surface area (Å²) in [5, 5.41) is 1.69. The molecule has 3 heteroatoms. The van der Waals surface area contributed by atoms with Crippen molar-refractivity contribution in [3.63, 3.8) is 0 Å². The van der Waals surface area contributed by atoms with Crippen LogP contribution in [0.4, 0.5) is 5.69 Å². The summed E-state index contributed by atoms with van der Waals surface area (Å²) in [4.78, 5) is 5.63. The second kappa shape index (κ2) is 4.73. The number of hydrogen-bond acceptors (Lipinski definition) is 3. The molecule has 1 N–H and O–H groups in total. The van der Waals surface area contributed by atoms with Crippen molar-refractivity contribution >= 4 is 5.69 Å². The van der Waals surface area contributed by atoms with E-state index in [0.29, 0.717) is 0 Å². The lowest BCUT2D eigenvalue weighted by atomic mass is 10.2. The summed E-state index contributed by atoms with van der Waals surface area (Å²) in [6, 6.07) is 9.98. The number of nitrogens with one attached hydrogen (secondary N) is 1. The van der Waals surface area contributed by atoms with Crippen LogP contribution in [-0.4, -0.2) is 0 Å². The zero-order valence-electron chi connectivity index (χ0n) is 8.94. The lowest BCUT2D eigenvalue weighted by Crippen LogP contribution is -2.27. The molecule has 0 radical (unpaired) electrons. The predicted octanol–water partition coefficient (Wildman–Crippen LogP) is 2.97. The first-order valence-electron chi connectivity index (χ1n) is 5.38. The van der Waals surface area contributed by atoms with E-state index in [1.165, 1.54) is 6.42 Å². The highest BCUT2D eigenvalue weighted by molar-refractivity contribution is 5.43. The molecule has 0 unspecified atom stereocenters. The molecule has 0 aromatic heterocycles. The standard InChI is InChI=1S/C12H16N2O/c1-2-3-9-12-10-13-14(15-12)11-7-5-4-6-8-11/h4-8,10,13H,2-3,9H2,1H3. The second-order valence-corrected chi connectivity index (χ2v) is 3.56. The van der Waals surface area contributed by atoms with Crippen LogP contribution in [-0.2, 0) is 4.84 Å². The fourth-order valence-corrected chi connectivity index (χ4v) is 1.46. The summed E-state index contributed by atoms with van der Waals surface area (Å²) in [6.45, 7) is 2.18. The van der Waals surface area contributed by atoms with Crippen LogP contribution in [0.1, 0.15) is 26.2 Å². The van der Waals surface area contributed by atoms with Gasteiger partial charge in [-0.3, -0.25) is 5.43 Å². The van der Waals surface area contributed by atoms with Gasteiger partial charge in [0.05, 0.1) is 11.9 Å². The Morgan fingerprint density at radius 2 is 2.07 bits per heavy atom. The van der Waals surface area contributed by atoms with Crippen molar-refractivity contribution in [1.29, 1.82) is 0 Å². The quantitative estimate of drug-likeness (QED) is 0.816. The first-order chi connectivity index (χ1) is 7.40. The third kappa shape index (κ3) is 2.43. The van der Waals surface area contributed by atoms with Gasteiger partial charge < -0.3 is 4.84 Å². The lowest BCUT2D eigenvalue weighted by molar-refractivity contribution is 0.182. The smallest absolute Gasteiger partial charge is 0.152 e. The molecule has 0 fully saturated rings. The Labute approximate surface area is 90.3 Å². The van der Waals surface area contributed by atoms with Crippen LogP contribution in [0.5, 0.6) is 0 Å². The van der Waals surface area contributed by atoms with Crippen LogP contribution in [0.3, 0.4) is 0 Å². The topological polar surface area (TPSA) is 24.5 Å². The summed E-state index contributed by atoms with van der Waals surface area (Å²) in [5.74, 6) is 1.00. The Bertz CT molecular complexity index is 335. The van der Waals surface area contributed by atoms with Gasteiger partial charge in [-0.15, -0.1) is 5.17 Å². The Balaban J connectivity index is 1.90. The lowest BCUT2D eigenvalue weighted by Gasteiger charge is -2.17. The molecule has 80 valence electrons. The van der Waals surface area contributed by atoms with Gasteiger partial charge in [0.15, 0.2) is 5.76 Å². The Morgan fingerprint density at radius 1 is 1.27 bits per heavy atom. The maximum Gasteiger partial charge on any atom is 0.152 e. The molecular weight excluding hydrogens is 188 g/mol. The van der Waals surface area contributed by atoms with Crippen molar-refractivity contribution in [1.82, 2.24) is 5.43 Å². The third-order valence-corrected chi connectivity index (χ3v) is 2.32. The van der Waals surface area contributed by atoms with E-state index in [1.807, 2.05) is 36.5 Å². The molecule has 3 nitrogen and oxygen atoms in total. The molecule has 0 atom stereocenters. The summed E-state index contributed by atoms with van der Waals surface area (Å²) in [6.07, 6.45) is 5.26. The van der Waals surface area contributed by atoms with Crippen molar-refractivity contribution < 1.29 is 4.84 Å². The van der Waals surface area contributed by atoms with Crippen molar-refractivity contribution in [3.05, 3.63) is 42.3 Å². The van der Waals surface area contributed by atoms with Gasteiger partial charge >= 0.3 is 0 Å². The number of rotatable bonds is 4. The molecule has 0 amide bonds. The van der Waals surface area contributed by atoms with Crippen LogP contribution in [0, 0.1) is 0 Å². The average molecular weight is 204 g/mol. The van der Waals surface area contributed by atoms with Crippen LogP contribution in [0.15, 0.2) is 42.3 Å². The van der Waals surface area contributed by atoms with Crippen molar-refractivity contribution in [2.75, 3.05) is 5.17 Å². The maximum atomic E-state index is 5.63. The number of unbranched alkanes of at least 4 members (excludes halogenated alkanes) is 1. The van der Waals surface area contributed by atoms with E-state index in [0.717, 1.165) is 24.3 Å². The minimum Gasteiger partial charge on any atom is -0.362 e. The monoisotopic (exact) mass is 204 g/mol. The molecule has 0 spiro atoms. The fourth-order valence-electron chi connectivity index (χ4n) is 1.46. The van der Waals surface area contributed by atoms with Gasteiger partial charge in [-0.25, -0.2) is 0 Å². The van der Waals surface area contributed by atoms with Crippen LogP contribution in [0.25, 0.3) is 0 Å². The van der Waals surface area contributed by atoms with E-state index in [4.69, 9.17) is 4.84 Å². The molecule has 1 heterocycles. The van der Waals surface area contributed by atoms with E-state index in [2.05, 4.69) is 12.3 Å². The van der Waals surface area contributed by atoms with Gasteiger partial charge in [0.2, 0.25) is 0 Å². The number of nitrogens with zero attached hydrogens (tertiary/aromatic N) is 1. The first-order valence-corrected chi connectivity index (χ1v) is 5.38. The fraction of sp³-hybridized carbons (Fsp3) is 0.333. The predicted molar refractivity (Wildman–Crippen MR) is 60.7 cm³/mol. The summed E-state index contributed by atoms with van der Waals surface area (Å²) >= 11 is 0. The van der Waals surface area contributed by atoms with Crippen LogP contribution < -0.4 is 10.6 Å². The number of hydrazine groups is 1. The van der Waals surface area contributed by atoms with Crippen LogP contribution >= 0.6 is 0 Å². The number of anilines is 1. The number of allylic oxidation sites excluding steroid dienone is 1. The zero-order valence-corrected chi connectivity index (χ0v) is 8.94. The highest BCUT2D eigenvalue weighted by Crippen LogP contribution is 2.20. The average Bonchev–Trinajstić information content (AvgIpc) is 2.76. The van der Waals surface area contributed by atoms with E-state index in [1.54, 1.807) is 5.17 Å². The van der Waals surface area contributed by atoms with Gasteiger partial charge in [0, 0.05) is 6.42 Å². The number of benzene rings is 1. The first kappa shape index (κ1) is 9.90. The highest BCUT2D eigenvalue weighted by atomic mass is 16.7. The van der Waals surface area contributed by atoms with Crippen molar-refractivity contribution in [2.45, 2.75) is 26.2 Å². The molecule has 1 aromatic rings. The minimum atomic E-state index is 0.993. The SMILES string of the molecule is CCCCC1=CNN(c2ccccc2)O1. The minimum absolute atomic E-state index is 0.993. The van der Waals surface area contributed by atoms with Gasteiger partial charge in [-0.2, -0.15) is 0 Å². The van der Waals surface area contributed by atoms with E-state index >= 15 is 0 Å². The number of hydrogen-bond donors (Lipinski definition) is 1. The van der Waals surface area contributed by atoms with E-state index in [9.17, 15) is 0 Å². The third-order valence-electron chi connectivity index (χ3n) is 2.32. The molecule has 1 aromatic carbocycles. The van der Waals surface area contributed by atoms with Crippen molar-refractivity contribution in [3.8, 4) is 0 Å². The molecule has 2 rings (SSSR count). The van der Waals surface area contributed by atoms with Gasteiger partial charge in [-0.1, -0.05) is 31.5 Å². The zero-order chi connectivity index (χ0) is 10.5. The van der Waals surface area contributed by atoms with Crippen LogP contribution in [0.2, 0.25) is 0 Å². The van der Waals surface area contributed by atoms with Gasteiger partial charge in [0.25, 0.3) is 0 Å². The Hall–Kier alpha value is -1.64. The molecular formula is C12H16N2O. The Kier molecular flexibility index (Phi) is 3.12. The molecule has 0 bridgehead atoms. The normalized spacial score (nSPS) is 14.5. The highest BCUT2D eigenvalue weighted by Gasteiger charge is 2.14. The van der Waals surface area contributed by atoms with Crippen molar-refractivity contribution in [2.24, 2.45) is 0 Å². The molecule has 0 saturated heterocycles. The summed E-state index contributed by atoms with van der Waals surface area (Å²) < 4.78 is 0. The van der Waals surface area contributed by atoms with Gasteiger partial charge in [-0.05, 0) is 18.6 Å². The van der Waals surface area contributed by atoms with E-state index < -0.39 is 0 Å². The summed E-state index contributed by atoms with van der Waals surface area (Å²) in [5.41, 5.74) is 4.10.